The Balaban J connectivity index is 1.28. The molecule has 2 fully saturated rings. The molecular weight excluding hydrogens is 632 g/mol. The lowest BCUT2D eigenvalue weighted by Crippen LogP contribution is -2.42. The number of hydrogen-bond donors (Lipinski definition) is 4. The van der Waals surface area contributed by atoms with Crippen molar-refractivity contribution in [1.29, 1.82) is 0 Å². The van der Waals surface area contributed by atoms with Crippen molar-refractivity contribution in [3.05, 3.63) is 48.8 Å². The average molecular weight is 668 g/mol. The molecular formula is C31H35FN7O7P. The molecule has 0 radical (unpaired) electrons. The first kappa shape index (κ1) is 32.6. The number of aliphatic hydroxyl groups is 1. The molecule has 14 nitrogen and oxygen atoms in total. The van der Waals surface area contributed by atoms with Crippen LogP contribution < -0.4 is 20.7 Å². The molecule has 47 heavy (non-hydrogen) atoms. The third-order valence-electron chi connectivity index (χ3n) is 7.71. The number of halogens is 1. The smallest absolute Gasteiger partial charge is 0.459 e. The van der Waals surface area contributed by atoms with Gasteiger partial charge < -0.3 is 30.2 Å². The van der Waals surface area contributed by atoms with Gasteiger partial charge in [0, 0.05) is 11.4 Å². The number of hydrogen-bond acceptors (Lipinski definition) is 12. The highest BCUT2D eigenvalue weighted by Crippen LogP contribution is 2.49. The van der Waals surface area contributed by atoms with Gasteiger partial charge in [-0.2, -0.15) is 15.1 Å². The number of aromatic nitrogens is 4. The normalized spacial score (nSPS) is 24.6. The highest BCUT2D eigenvalue weighted by molar-refractivity contribution is 7.52. The van der Waals surface area contributed by atoms with E-state index in [1.807, 2.05) is 24.1 Å². The van der Waals surface area contributed by atoms with Gasteiger partial charge >= 0.3 is 13.7 Å². The molecule has 16 heteroatoms. The second kappa shape index (κ2) is 12.7. The van der Waals surface area contributed by atoms with E-state index >= 15 is 4.39 Å². The fourth-order valence-corrected chi connectivity index (χ4v) is 6.75. The minimum absolute atomic E-state index is 0.0892. The molecule has 1 aliphatic heterocycles. The van der Waals surface area contributed by atoms with Crippen LogP contribution in [-0.4, -0.2) is 73.3 Å². The number of ether oxygens (including phenoxy) is 2. The number of carbonyl (C=O) groups excluding carboxylic acids is 1. The van der Waals surface area contributed by atoms with Gasteiger partial charge in [-0.3, -0.25) is 13.9 Å². The third-order valence-corrected chi connectivity index (χ3v) is 9.34. The van der Waals surface area contributed by atoms with Crippen LogP contribution in [0, 0.1) is 12.3 Å². The van der Waals surface area contributed by atoms with E-state index < -0.39 is 56.6 Å². The number of rotatable bonds is 12. The van der Waals surface area contributed by atoms with Gasteiger partial charge in [-0.1, -0.05) is 42.3 Å². The van der Waals surface area contributed by atoms with E-state index in [4.69, 9.17) is 30.7 Å². The molecule has 6 atom stereocenters. The first-order chi connectivity index (χ1) is 22.4. The molecule has 3 heterocycles. The first-order valence-electron chi connectivity index (χ1n) is 15.1. The molecule has 248 valence electrons. The lowest BCUT2D eigenvalue weighted by Gasteiger charge is -2.25. The molecule has 1 saturated carbocycles. The summed E-state index contributed by atoms with van der Waals surface area (Å²) in [6.45, 7) is 4.11. The van der Waals surface area contributed by atoms with Gasteiger partial charge in [-0.05, 0) is 45.1 Å². The summed E-state index contributed by atoms with van der Waals surface area (Å²) >= 11 is 0. The summed E-state index contributed by atoms with van der Waals surface area (Å²) in [5.74, 6) is 1.77. The quantitative estimate of drug-likeness (QED) is 0.0971. The second-order valence-corrected chi connectivity index (χ2v) is 13.4. The van der Waals surface area contributed by atoms with Gasteiger partial charge in [-0.25, -0.2) is 13.9 Å². The first-order valence-corrected chi connectivity index (χ1v) is 16.6. The van der Waals surface area contributed by atoms with Crippen molar-refractivity contribution < 1.29 is 37.4 Å². The zero-order chi connectivity index (χ0) is 33.5. The zero-order valence-electron chi connectivity index (χ0n) is 25.9. The van der Waals surface area contributed by atoms with Crippen LogP contribution in [0.1, 0.15) is 39.8 Å². The molecule has 2 aliphatic rings. The van der Waals surface area contributed by atoms with Crippen LogP contribution in [-0.2, 0) is 23.4 Å². The van der Waals surface area contributed by atoms with Crippen molar-refractivity contribution in [3.63, 3.8) is 0 Å². The topological polar surface area (TPSA) is 185 Å². The average Bonchev–Trinajstić information content (AvgIpc) is 3.70. The fraction of sp³-hybridized carbons (Fsp3) is 0.419. The van der Waals surface area contributed by atoms with Gasteiger partial charge in [0.25, 0.3) is 0 Å². The molecule has 1 saturated heterocycles. The number of nitrogens with one attached hydrogen (secondary N) is 2. The molecule has 1 aliphatic carbocycles. The highest BCUT2D eigenvalue weighted by Gasteiger charge is 2.58. The molecule has 0 amide bonds. The number of esters is 1. The summed E-state index contributed by atoms with van der Waals surface area (Å²) in [7, 11) is -4.45. The SMILES string of the molecule is C#C[C@@]1(F)[C@H](O)[C@@H](CO[P@@](=O)(N[C@H](C)C(=O)OC(C)C)Oc2cccc3ccccc23)O[C@H]1n1cnc2c(NC3CC3)nc(N)nc21. The Kier molecular flexibility index (Phi) is 8.82. The molecule has 0 spiro atoms. The van der Waals surface area contributed by atoms with Crippen molar-refractivity contribution in [2.75, 3.05) is 17.7 Å². The number of fused-ring (bicyclic) bond motifs is 2. The predicted octanol–water partition coefficient (Wildman–Crippen LogP) is 3.87. The van der Waals surface area contributed by atoms with Gasteiger partial charge in [-0.15, -0.1) is 6.42 Å². The van der Waals surface area contributed by atoms with E-state index in [1.54, 1.807) is 38.1 Å². The standard InChI is InChI=1S/C31H35FN7O7P/c1-5-31(32)25(40)23(45-29(31)39-16-34-24-26(35-20-13-14-20)36-30(33)37-27(24)39)15-43-47(42,38-18(4)28(41)44-17(2)3)46-22-12-8-10-19-9-6-7-11-21(19)22/h1,6-12,16-18,20,23,25,29,40H,13-15H2,2-4H3,(H,38,42)(H3,33,35,36,37)/t18-,23-,25-,29-,31-,47+/m1/s1. The number of anilines is 2. The summed E-state index contributed by atoms with van der Waals surface area (Å²) in [5.41, 5.74) is 3.59. The largest absolute Gasteiger partial charge is 0.462 e. The van der Waals surface area contributed by atoms with E-state index in [9.17, 15) is 14.5 Å². The van der Waals surface area contributed by atoms with E-state index in [-0.39, 0.29) is 23.4 Å². The molecule has 4 aromatic rings. The molecule has 5 N–H and O–H groups in total. The second-order valence-electron chi connectivity index (χ2n) is 11.8. The minimum atomic E-state index is -4.45. The number of aliphatic hydroxyl groups excluding tert-OH is 1. The summed E-state index contributed by atoms with van der Waals surface area (Å²) in [6, 6.07) is 11.4. The van der Waals surface area contributed by atoms with Crippen LogP contribution in [0.4, 0.5) is 16.2 Å². The van der Waals surface area contributed by atoms with Crippen LogP contribution in [0.3, 0.4) is 0 Å². The highest BCUT2D eigenvalue weighted by atomic mass is 31.2. The maximum Gasteiger partial charge on any atom is 0.459 e. The molecule has 2 aromatic heterocycles. The summed E-state index contributed by atoms with van der Waals surface area (Å²) < 4.78 is 54.8. The predicted molar refractivity (Wildman–Crippen MR) is 171 cm³/mol. The van der Waals surface area contributed by atoms with Gasteiger partial charge in [0.15, 0.2) is 23.2 Å². The Morgan fingerprint density at radius 1 is 1.26 bits per heavy atom. The van der Waals surface area contributed by atoms with Crippen molar-refractivity contribution in [2.45, 2.75) is 75.9 Å². The lowest BCUT2D eigenvalue weighted by atomic mass is 9.97. The monoisotopic (exact) mass is 667 g/mol. The Bertz CT molecular complexity index is 1890. The van der Waals surface area contributed by atoms with E-state index in [0.717, 1.165) is 18.2 Å². The zero-order valence-corrected chi connectivity index (χ0v) is 26.8. The molecule has 0 bridgehead atoms. The molecule has 2 aromatic carbocycles. The number of imidazole rings is 1. The number of nitrogens with zero attached hydrogens (tertiary/aromatic N) is 4. The maximum atomic E-state index is 16.5. The van der Waals surface area contributed by atoms with E-state index in [0.29, 0.717) is 16.7 Å². The summed E-state index contributed by atoms with van der Waals surface area (Å²) in [5, 5.41) is 18.4. The fourth-order valence-electron chi connectivity index (χ4n) is 5.23. The van der Waals surface area contributed by atoms with Crippen molar-refractivity contribution in [3.8, 4) is 18.1 Å². The third kappa shape index (κ3) is 6.60. The van der Waals surface area contributed by atoms with E-state index in [1.165, 1.54) is 17.8 Å². The Morgan fingerprint density at radius 3 is 2.72 bits per heavy atom. The number of carbonyl (C=O) groups is 1. The van der Waals surface area contributed by atoms with Crippen LogP contribution in [0.5, 0.6) is 5.75 Å². The number of terminal acetylenes is 1. The van der Waals surface area contributed by atoms with E-state index in [2.05, 4.69) is 25.4 Å². The lowest BCUT2D eigenvalue weighted by molar-refractivity contribution is -0.149. The number of nitrogens with two attached hydrogens (primary N) is 1. The Labute approximate surface area is 269 Å². The van der Waals surface area contributed by atoms with Gasteiger partial charge in [0.2, 0.25) is 11.6 Å². The summed E-state index contributed by atoms with van der Waals surface area (Å²) in [6.07, 6.45) is 3.32. The number of benzene rings is 2. The number of nitrogen functional groups attached to an aromatic ring is 1. The van der Waals surface area contributed by atoms with Crippen molar-refractivity contribution in [1.82, 2.24) is 24.6 Å². The number of alkyl halides is 1. The van der Waals surface area contributed by atoms with Crippen LogP contribution in [0.15, 0.2) is 48.8 Å². The minimum Gasteiger partial charge on any atom is -0.462 e. The maximum absolute atomic E-state index is 16.5. The van der Waals surface area contributed by atoms with Crippen LogP contribution >= 0.6 is 7.75 Å². The molecule has 6 rings (SSSR count). The van der Waals surface area contributed by atoms with Gasteiger partial charge in [0.05, 0.1) is 19.0 Å². The van der Waals surface area contributed by atoms with Crippen molar-refractivity contribution >= 4 is 47.4 Å². The van der Waals surface area contributed by atoms with Crippen LogP contribution in [0.25, 0.3) is 21.9 Å². The molecule has 0 unspecified atom stereocenters. The van der Waals surface area contributed by atoms with Crippen LogP contribution in [0.2, 0.25) is 0 Å². The van der Waals surface area contributed by atoms with Crippen molar-refractivity contribution in [2.24, 2.45) is 0 Å². The van der Waals surface area contributed by atoms with Gasteiger partial charge in [0.1, 0.15) is 24.0 Å². The Hall–Kier alpha value is -4.32. The Morgan fingerprint density at radius 2 is 2.00 bits per heavy atom. The summed E-state index contributed by atoms with van der Waals surface area (Å²) in [4.78, 5) is 25.4.